The van der Waals surface area contributed by atoms with Gasteiger partial charge in [-0.05, 0) is 37.0 Å². The quantitative estimate of drug-likeness (QED) is 0.437. The van der Waals surface area contributed by atoms with E-state index in [-0.39, 0.29) is 12.3 Å². The lowest BCUT2D eigenvalue weighted by molar-refractivity contribution is -0.171. The number of fused-ring (bicyclic) bond motifs is 2. The van der Waals surface area contributed by atoms with Crippen molar-refractivity contribution in [2.24, 2.45) is 17.8 Å². The second kappa shape index (κ2) is 6.33. The van der Waals surface area contributed by atoms with Crippen LogP contribution in [0.15, 0.2) is 0 Å². The van der Waals surface area contributed by atoms with Crippen molar-refractivity contribution in [3.8, 4) is 0 Å². The molecule has 0 spiro atoms. The van der Waals surface area contributed by atoms with Gasteiger partial charge >= 0.3 is 17.1 Å². The van der Waals surface area contributed by atoms with Crippen LogP contribution in [-0.4, -0.2) is 32.2 Å². The summed E-state index contributed by atoms with van der Waals surface area (Å²) in [5.41, 5.74) is 0. The highest BCUT2D eigenvalue weighted by molar-refractivity contribution is 7.73. The normalized spacial score (nSPS) is 28.3. The fraction of sp³-hybridized carbons (Fsp3) is 0.923. The molecular weight excluding hydrogens is 328 g/mol. The fourth-order valence-corrected chi connectivity index (χ4v) is 3.86. The minimum absolute atomic E-state index is 0.110. The summed E-state index contributed by atoms with van der Waals surface area (Å²) in [5, 5.41) is -5.14. The van der Waals surface area contributed by atoms with Crippen molar-refractivity contribution in [1.82, 2.24) is 0 Å². The van der Waals surface area contributed by atoms with E-state index in [2.05, 4.69) is 4.74 Å². The third kappa shape index (κ3) is 3.55. The van der Waals surface area contributed by atoms with Crippen LogP contribution in [0.1, 0.15) is 38.5 Å². The topological polar surface area (TPSA) is 60.4 Å². The summed E-state index contributed by atoms with van der Waals surface area (Å²) in [6, 6.07) is 0. The first-order valence-electron chi connectivity index (χ1n) is 7.19. The van der Waals surface area contributed by atoms with Gasteiger partial charge in [0.25, 0.3) is 0 Å². The molecule has 3 atom stereocenters. The molecule has 2 bridgehead atoms. The predicted octanol–water partition coefficient (Wildman–Crippen LogP) is 2.59. The molecule has 2 aliphatic carbocycles. The van der Waals surface area contributed by atoms with E-state index in [1.807, 2.05) is 0 Å². The van der Waals surface area contributed by atoms with Crippen molar-refractivity contribution in [3.05, 3.63) is 0 Å². The summed E-state index contributed by atoms with van der Waals surface area (Å²) in [4.78, 5) is 11.6. The largest absolute Gasteiger partial charge is 0.465 e. The van der Waals surface area contributed by atoms with E-state index in [1.165, 1.54) is 0 Å². The Kier molecular flexibility index (Phi) is 5.03. The smallest absolute Gasteiger partial charge is 0.404 e. The summed E-state index contributed by atoms with van der Waals surface area (Å²) >= 11 is 0. The molecule has 2 saturated carbocycles. The maximum absolute atomic E-state index is 13.1. The molecule has 2 aliphatic rings. The third-order valence-corrected chi connectivity index (χ3v) is 5.45. The number of hydrogen-bond donors (Lipinski definition) is 1. The van der Waals surface area contributed by atoms with Gasteiger partial charge in [0, 0.05) is 6.42 Å². The number of halogens is 4. The van der Waals surface area contributed by atoms with Crippen molar-refractivity contribution in [1.29, 1.82) is 0 Å². The molecule has 0 amide bonds. The standard InChI is InChI=1S/C13H18F4O4S/c14-12(15,13(16,17)22(19)20)3-4-21-11(18)7-10-6-8-1-2-9(10)5-8/h8-10,22H,1-7H2. The average Bonchev–Trinajstić information content (AvgIpc) is 3.00. The fourth-order valence-electron chi connectivity index (χ4n) is 3.48. The zero-order chi connectivity index (χ0) is 16.5. The lowest BCUT2D eigenvalue weighted by Gasteiger charge is -2.22. The van der Waals surface area contributed by atoms with Crippen LogP contribution < -0.4 is 0 Å². The van der Waals surface area contributed by atoms with Crippen molar-refractivity contribution in [2.45, 2.75) is 49.7 Å². The Hall–Kier alpha value is -0.860. The van der Waals surface area contributed by atoms with Gasteiger partial charge in [-0.25, -0.2) is 8.42 Å². The van der Waals surface area contributed by atoms with Crippen LogP contribution in [0.4, 0.5) is 17.6 Å². The lowest BCUT2D eigenvalue weighted by atomic mass is 9.86. The monoisotopic (exact) mass is 346 g/mol. The minimum Gasteiger partial charge on any atom is -0.465 e. The second-order valence-electron chi connectivity index (χ2n) is 6.11. The van der Waals surface area contributed by atoms with E-state index in [1.54, 1.807) is 0 Å². The number of hydrogen-bond acceptors (Lipinski definition) is 4. The molecule has 4 nitrogen and oxygen atoms in total. The van der Waals surface area contributed by atoms with Crippen LogP contribution in [0, 0.1) is 17.8 Å². The molecular formula is C13H18F4O4S. The zero-order valence-electron chi connectivity index (χ0n) is 11.8. The number of alkyl halides is 4. The molecule has 3 unspecified atom stereocenters. The Bertz CT molecular complexity index is 498. The first kappa shape index (κ1) is 17.5. The summed E-state index contributed by atoms with van der Waals surface area (Å²) in [7, 11) is -4.60. The van der Waals surface area contributed by atoms with E-state index in [4.69, 9.17) is 0 Å². The van der Waals surface area contributed by atoms with E-state index in [9.17, 15) is 30.8 Å². The van der Waals surface area contributed by atoms with Crippen LogP contribution in [0.25, 0.3) is 0 Å². The number of thiol groups is 1. The first-order valence-corrected chi connectivity index (χ1v) is 8.37. The maximum atomic E-state index is 13.1. The number of rotatable bonds is 7. The van der Waals surface area contributed by atoms with Crippen molar-refractivity contribution in [3.63, 3.8) is 0 Å². The Labute approximate surface area is 127 Å². The summed E-state index contributed by atoms with van der Waals surface area (Å²) in [5.74, 6) is -4.17. The summed E-state index contributed by atoms with van der Waals surface area (Å²) in [6.07, 6.45) is 2.81. The molecule has 0 aromatic carbocycles. The SMILES string of the molecule is O=C(CC1CC2CCC1C2)OCCC(F)(F)C(F)(F)[SH](=O)=O. The van der Waals surface area contributed by atoms with Crippen LogP contribution in [0.5, 0.6) is 0 Å². The van der Waals surface area contributed by atoms with Gasteiger partial charge < -0.3 is 4.74 Å². The van der Waals surface area contributed by atoms with Gasteiger partial charge in [-0.15, -0.1) is 0 Å². The van der Waals surface area contributed by atoms with Crippen molar-refractivity contribution in [2.75, 3.05) is 6.61 Å². The Balaban J connectivity index is 1.75. The van der Waals surface area contributed by atoms with Crippen LogP contribution >= 0.6 is 0 Å². The van der Waals surface area contributed by atoms with E-state index in [0.717, 1.165) is 25.7 Å². The number of carbonyl (C=O) groups is 1. The maximum Gasteiger partial charge on any atom is 0.404 e. The van der Waals surface area contributed by atoms with Gasteiger partial charge in [0.1, 0.15) is 0 Å². The Morgan fingerprint density at radius 3 is 2.32 bits per heavy atom. The molecule has 9 heteroatoms. The predicted molar refractivity (Wildman–Crippen MR) is 69.3 cm³/mol. The number of ether oxygens (including phenoxy) is 1. The first-order chi connectivity index (χ1) is 10.1. The van der Waals surface area contributed by atoms with Gasteiger partial charge in [0.15, 0.2) is 0 Å². The highest BCUT2D eigenvalue weighted by Gasteiger charge is 2.59. The molecule has 0 radical (unpaired) electrons. The van der Waals surface area contributed by atoms with Gasteiger partial charge in [0.2, 0.25) is 10.7 Å². The molecule has 2 fully saturated rings. The molecule has 128 valence electrons. The van der Waals surface area contributed by atoms with Gasteiger partial charge in [0.05, 0.1) is 13.0 Å². The number of carbonyl (C=O) groups excluding carboxylic acids is 1. The molecule has 0 heterocycles. The molecule has 22 heavy (non-hydrogen) atoms. The van der Waals surface area contributed by atoms with E-state index >= 15 is 0 Å². The highest BCUT2D eigenvalue weighted by Crippen LogP contribution is 2.49. The van der Waals surface area contributed by atoms with E-state index < -0.39 is 40.9 Å². The Morgan fingerprint density at radius 2 is 1.82 bits per heavy atom. The molecule has 0 aromatic rings. The van der Waals surface area contributed by atoms with Gasteiger partial charge in [-0.2, -0.15) is 17.6 Å². The van der Waals surface area contributed by atoms with Crippen LogP contribution in [0.3, 0.4) is 0 Å². The second-order valence-corrected chi connectivity index (χ2v) is 7.19. The van der Waals surface area contributed by atoms with Crippen molar-refractivity contribution >= 4 is 16.7 Å². The average molecular weight is 346 g/mol. The van der Waals surface area contributed by atoms with Gasteiger partial charge in [-0.1, -0.05) is 6.42 Å². The van der Waals surface area contributed by atoms with Crippen LogP contribution in [0.2, 0.25) is 0 Å². The van der Waals surface area contributed by atoms with Gasteiger partial charge in [-0.3, -0.25) is 4.79 Å². The zero-order valence-corrected chi connectivity index (χ0v) is 12.7. The molecule has 2 rings (SSSR count). The minimum atomic E-state index is -5.14. The molecule has 0 aromatic heterocycles. The molecule has 0 saturated heterocycles. The highest BCUT2D eigenvalue weighted by atomic mass is 32.2. The summed E-state index contributed by atoms with van der Waals surface area (Å²) in [6.45, 7) is -0.925. The Morgan fingerprint density at radius 1 is 1.14 bits per heavy atom. The van der Waals surface area contributed by atoms with Crippen LogP contribution in [-0.2, 0) is 20.2 Å². The van der Waals surface area contributed by atoms with Crippen molar-refractivity contribution < 1.29 is 35.5 Å². The number of esters is 1. The molecule has 0 N–H and O–H groups in total. The lowest BCUT2D eigenvalue weighted by Crippen LogP contribution is -2.42. The molecule has 0 aliphatic heterocycles. The van der Waals surface area contributed by atoms with E-state index in [0.29, 0.717) is 11.8 Å². The summed E-state index contributed by atoms with van der Waals surface area (Å²) < 4.78 is 76.7. The third-order valence-electron chi connectivity index (χ3n) is 4.66.